The predicted octanol–water partition coefficient (Wildman–Crippen LogP) is 3.14. The first-order chi connectivity index (χ1) is 7.08. The molecule has 0 aliphatic carbocycles. The van der Waals surface area contributed by atoms with E-state index in [1.807, 2.05) is 0 Å². The molecule has 0 aromatic heterocycles. The lowest BCUT2D eigenvalue weighted by atomic mass is 10.1. The van der Waals surface area contributed by atoms with E-state index in [0.29, 0.717) is 22.2 Å². The Labute approximate surface area is 104 Å². The van der Waals surface area contributed by atoms with Crippen LogP contribution < -0.4 is 4.74 Å². The van der Waals surface area contributed by atoms with Crippen LogP contribution in [0.5, 0.6) is 5.75 Å². The van der Waals surface area contributed by atoms with E-state index in [-0.39, 0.29) is 5.88 Å². The average molecular weight is 270 g/mol. The zero-order valence-electron chi connectivity index (χ0n) is 8.14. The zero-order chi connectivity index (χ0) is 11.4. The molecule has 1 unspecified atom stereocenters. The minimum Gasteiger partial charge on any atom is -0.495 e. The Hall–Kier alpha value is -0.150. The van der Waals surface area contributed by atoms with Crippen LogP contribution in [0.2, 0.25) is 10.0 Å². The Morgan fingerprint density at radius 3 is 2.60 bits per heavy atom. The van der Waals surface area contributed by atoms with Crippen molar-refractivity contribution in [2.45, 2.75) is 12.5 Å². The lowest BCUT2D eigenvalue weighted by Gasteiger charge is -2.13. The third kappa shape index (κ3) is 3.42. The van der Waals surface area contributed by atoms with Crippen molar-refractivity contribution >= 4 is 34.8 Å². The molecule has 0 saturated carbocycles. The first-order valence-electron chi connectivity index (χ1n) is 4.34. The molecule has 0 amide bonds. The van der Waals surface area contributed by atoms with Crippen LogP contribution in [0.1, 0.15) is 5.56 Å². The van der Waals surface area contributed by atoms with Crippen molar-refractivity contribution in [3.05, 3.63) is 27.7 Å². The molecule has 15 heavy (non-hydrogen) atoms. The highest BCUT2D eigenvalue weighted by atomic mass is 35.5. The third-order valence-corrected chi connectivity index (χ3v) is 2.78. The summed E-state index contributed by atoms with van der Waals surface area (Å²) in [5.41, 5.74) is 0.753. The number of halogens is 3. The summed E-state index contributed by atoms with van der Waals surface area (Å²) in [4.78, 5) is 0. The highest BCUT2D eigenvalue weighted by molar-refractivity contribution is 6.35. The molecule has 0 heterocycles. The van der Waals surface area contributed by atoms with Gasteiger partial charge in [-0.1, -0.05) is 23.2 Å². The maximum absolute atomic E-state index is 9.44. The maximum Gasteiger partial charge on any atom is 0.140 e. The van der Waals surface area contributed by atoms with Gasteiger partial charge in [-0.05, 0) is 17.7 Å². The van der Waals surface area contributed by atoms with Gasteiger partial charge in [-0.25, -0.2) is 0 Å². The van der Waals surface area contributed by atoms with Crippen molar-refractivity contribution < 1.29 is 9.84 Å². The first-order valence-corrected chi connectivity index (χ1v) is 5.63. The monoisotopic (exact) mass is 268 g/mol. The number of aliphatic hydroxyl groups is 1. The normalized spacial score (nSPS) is 12.6. The highest BCUT2D eigenvalue weighted by Crippen LogP contribution is 2.32. The molecule has 0 radical (unpaired) electrons. The van der Waals surface area contributed by atoms with E-state index < -0.39 is 6.10 Å². The fourth-order valence-corrected chi connectivity index (χ4v) is 2.02. The minimum atomic E-state index is -0.630. The van der Waals surface area contributed by atoms with Gasteiger partial charge in [0.25, 0.3) is 0 Å². The molecular formula is C10H11Cl3O2. The molecule has 1 N–H and O–H groups in total. The molecule has 5 heteroatoms. The molecule has 0 fully saturated rings. The van der Waals surface area contributed by atoms with E-state index >= 15 is 0 Å². The second-order valence-electron chi connectivity index (χ2n) is 3.09. The van der Waals surface area contributed by atoms with Crippen molar-refractivity contribution in [3.8, 4) is 5.75 Å². The largest absolute Gasteiger partial charge is 0.495 e. The van der Waals surface area contributed by atoms with Crippen LogP contribution >= 0.6 is 34.8 Å². The van der Waals surface area contributed by atoms with Gasteiger partial charge >= 0.3 is 0 Å². The summed E-state index contributed by atoms with van der Waals surface area (Å²) in [5, 5.41) is 10.4. The molecule has 0 spiro atoms. The average Bonchev–Trinajstić information content (AvgIpc) is 2.17. The van der Waals surface area contributed by atoms with Crippen LogP contribution in [-0.4, -0.2) is 24.2 Å². The van der Waals surface area contributed by atoms with Gasteiger partial charge in [0, 0.05) is 17.3 Å². The summed E-state index contributed by atoms with van der Waals surface area (Å²) in [6.45, 7) is 0. The lowest BCUT2D eigenvalue weighted by Crippen LogP contribution is -2.12. The summed E-state index contributed by atoms with van der Waals surface area (Å²) in [6.07, 6.45) is -0.262. The second kappa shape index (κ2) is 5.80. The number of ether oxygens (including phenoxy) is 1. The molecule has 1 aromatic rings. The number of hydrogen-bond donors (Lipinski definition) is 1. The summed E-state index contributed by atoms with van der Waals surface area (Å²) < 4.78 is 5.13. The van der Waals surface area contributed by atoms with E-state index in [1.165, 1.54) is 7.11 Å². The fraction of sp³-hybridized carbons (Fsp3) is 0.400. The van der Waals surface area contributed by atoms with Gasteiger partial charge in [0.05, 0.1) is 18.2 Å². The number of benzene rings is 1. The maximum atomic E-state index is 9.44. The summed E-state index contributed by atoms with van der Waals surface area (Å²) in [5.74, 6) is 0.693. The molecule has 1 atom stereocenters. The fourth-order valence-electron chi connectivity index (χ4n) is 1.30. The van der Waals surface area contributed by atoms with Crippen LogP contribution in [0.4, 0.5) is 0 Å². The van der Waals surface area contributed by atoms with Crippen molar-refractivity contribution in [1.29, 1.82) is 0 Å². The number of hydrogen-bond acceptors (Lipinski definition) is 2. The quantitative estimate of drug-likeness (QED) is 0.851. The summed E-state index contributed by atoms with van der Waals surface area (Å²) >= 11 is 17.3. The molecule has 0 saturated heterocycles. The van der Waals surface area contributed by atoms with Crippen LogP contribution in [-0.2, 0) is 6.42 Å². The summed E-state index contributed by atoms with van der Waals surface area (Å²) in [7, 11) is 1.52. The van der Waals surface area contributed by atoms with Gasteiger partial charge in [-0.15, -0.1) is 11.6 Å². The van der Waals surface area contributed by atoms with Gasteiger partial charge < -0.3 is 9.84 Å². The van der Waals surface area contributed by atoms with E-state index in [2.05, 4.69) is 0 Å². The molecule has 0 bridgehead atoms. The standard InChI is InChI=1S/C10H11Cl3O2/c1-15-10-6(3-8(14)5-11)2-7(12)4-9(10)13/h2,4,8,14H,3,5H2,1H3. The number of aliphatic hydroxyl groups excluding tert-OH is 1. The van der Waals surface area contributed by atoms with Gasteiger partial charge in [0.2, 0.25) is 0 Å². The van der Waals surface area contributed by atoms with Crippen molar-refractivity contribution in [3.63, 3.8) is 0 Å². The predicted molar refractivity (Wildman–Crippen MR) is 63.4 cm³/mol. The van der Waals surface area contributed by atoms with E-state index in [9.17, 15) is 5.11 Å². The molecule has 2 nitrogen and oxygen atoms in total. The Morgan fingerprint density at radius 1 is 1.40 bits per heavy atom. The van der Waals surface area contributed by atoms with Crippen LogP contribution in [0.25, 0.3) is 0 Å². The second-order valence-corrected chi connectivity index (χ2v) is 4.24. The van der Waals surface area contributed by atoms with Crippen LogP contribution in [0, 0.1) is 0 Å². The van der Waals surface area contributed by atoms with E-state index in [1.54, 1.807) is 12.1 Å². The Kier molecular flexibility index (Phi) is 5.00. The van der Waals surface area contributed by atoms with E-state index in [0.717, 1.165) is 5.56 Å². The van der Waals surface area contributed by atoms with Crippen molar-refractivity contribution in [2.75, 3.05) is 13.0 Å². The van der Waals surface area contributed by atoms with Gasteiger partial charge in [-0.3, -0.25) is 0 Å². The molecule has 0 aliphatic rings. The molecule has 0 aliphatic heterocycles. The smallest absolute Gasteiger partial charge is 0.140 e. The third-order valence-electron chi connectivity index (χ3n) is 1.92. The van der Waals surface area contributed by atoms with Gasteiger partial charge in [0.1, 0.15) is 5.75 Å². The van der Waals surface area contributed by atoms with Crippen molar-refractivity contribution in [2.24, 2.45) is 0 Å². The number of methoxy groups -OCH3 is 1. The van der Waals surface area contributed by atoms with Crippen LogP contribution in [0.3, 0.4) is 0 Å². The van der Waals surface area contributed by atoms with Gasteiger partial charge in [0.15, 0.2) is 0 Å². The first kappa shape index (κ1) is 12.9. The summed E-state index contributed by atoms with van der Waals surface area (Å²) in [6, 6.07) is 3.31. The Balaban J connectivity index is 3.03. The Bertz CT molecular complexity index is 342. The van der Waals surface area contributed by atoms with Crippen molar-refractivity contribution in [1.82, 2.24) is 0 Å². The number of alkyl halides is 1. The lowest BCUT2D eigenvalue weighted by molar-refractivity contribution is 0.197. The number of rotatable bonds is 4. The molecule has 1 aromatic carbocycles. The topological polar surface area (TPSA) is 29.5 Å². The van der Waals surface area contributed by atoms with Gasteiger partial charge in [-0.2, -0.15) is 0 Å². The zero-order valence-corrected chi connectivity index (χ0v) is 10.4. The molecular weight excluding hydrogens is 258 g/mol. The van der Waals surface area contributed by atoms with Crippen LogP contribution in [0.15, 0.2) is 12.1 Å². The molecule has 1 rings (SSSR count). The highest BCUT2D eigenvalue weighted by Gasteiger charge is 2.13. The Morgan fingerprint density at radius 2 is 2.07 bits per heavy atom. The minimum absolute atomic E-state index is 0.160. The SMILES string of the molecule is COc1c(Cl)cc(Cl)cc1CC(O)CCl. The molecule has 84 valence electrons. The van der Waals surface area contributed by atoms with E-state index in [4.69, 9.17) is 39.5 Å².